The zero-order chi connectivity index (χ0) is 14.0. The molecule has 0 radical (unpaired) electrons. The summed E-state index contributed by atoms with van der Waals surface area (Å²) in [5.41, 5.74) is 1.69. The molecule has 0 bridgehead atoms. The number of para-hydroxylation sites is 1. The standard InChI is InChI=1S/C16H22FNOS/c1-12-3-2-4-14(17)15(12)18-13-5-8-19-16(11-13)6-9-20-10-7-16/h2-4,13,18H,5-11H2,1H3. The van der Waals surface area contributed by atoms with Gasteiger partial charge in [0.1, 0.15) is 5.82 Å². The molecular formula is C16H22FNOS. The molecule has 2 saturated heterocycles. The van der Waals surface area contributed by atoms with E-state index in [0.717, 1.165) is 37.9 Å². The summed E-state index contributed by atoms with van der Waals surface area (Å²) >= 11 is 2.01. The maximum absolute atomic E-state index is 13.9. The van der Waals surface area contributed by atoms with Crippen molar-refractivity contribution < 1.29 is 9.13 Å². The minimum atomic E-state index is -0.148. The van der Waals surface area contributed by atoms with Gasteiger partial charge in [0, 0.05) is 12.6 Å². The first-order valence-corrected chi connectivity index (χ1v) is 8.57. The van der Waals surface area contributed by atoms with Gasteiger partial charge in [-0.25, -0.2) is 4.39 Å². The Morgan fingerprint density at radius 3 is 2.90 bits per heavy atom. The summed E-state index contributed by atoms with van der Waals surface area (Å²) < 4.78 is 20.0. The highest BCUT2D eigenvalue weighted by molar-refractivity contribution is 7.99. The van der Waals surface area contributed by atoms with Crippen LogP contribution in [0.1, 0.15) is 31.2 Å². The summed E-state index contributed by atoms with van der Waals surface area (Å²) in [6.45, 7) is 2.74. The van der Waals surface area contributed by atoms with Crippen LogP contribution in [-0.4, -0.2) is 29.8 Å². The lowest BCUT2D eigenvalue weighted by molar-refractivity contribution is -0.0866. The highest BCUT2D eigenvalue weighted by Gasteiger charge is 2.38. The molecule has 0 saturated carbocycles. The summed E-state index contributed by atoms with van der Waals surface area (Å²) in [7, 11) is 0. The summed E-state index contributed by atoms with van der Waals surface area (Å²) in [6.07, 6.45) is 4.22. The van der Waals surface area contributed by atoms with E-state index in [1.165, 1.54) is 17.6 Å². The fraction of sp³-hybridized carbons (Fsp3) is 0.625. The van der Waals surface area contributed by atoms with Crippen molar-refractivity contribution in [2.45, 2.75) is 44.2 Å². The van der Waals surface area contributed by atoms with Crippen LogP contribution in [0.3, 0.4) is 0 Å². The van der Waals surface area contributed by atoms with Crippen molar-refractivity contribution in [2.24, 2.45) is 0 Å². The van der Waals surface area contributed by atoms with Gasteiger partial charge in [-0.15, -0.1) is 0 Å². The van der Waals surface area contributed by atoms with Gasteiger partial charge in [-0.05, 0) is 55.7 Å². The molecule has 0 aliphatic carbocycles. The van der Waals surface area contributed by atoms with Crippen LogP contribution in [0.4, 0.5) is 10.1 Å². The van der Waals surface area contributed by atoms with Crippen molar-refractivity contribution in [1.29, 1.82) is 0 Å². The van der Waals surface area contributed by atoms with E-state index in [1.807, 2.05) is 24.8 Å². The largest absolute Gasteiger partial charge is 0.380 e. The molecule has 1 aromatic carbocycles. The normalized spacial score (nSPS) is 25.6. The van der Waals surface area contributed by atoms with Gasteiger partial charge in [0.25, 0.3) is 0 Å². The zero-order valence-electron chi connectivity index (χ0n) is 12.0. The lowest BCUT2D eigenvalue weighted by atomic mass is 9.85. The molecule has 1 N–H and O–H groups in total. The Hall–Kier alpha value is -0.740. The van der Waals surface area contributed by atoms with E-state index >= 15 is 0 Å². The smallest absolute Gasteiger partial charge is 0.146 e. The van der Waals surface area contributed by atoms with Gasteiger partial charge < -0.3 is 10.1 Å². The predicted octanol–water partition coefficient (Wildman–Crippen LogP) is 3.99. The zero-order valence-corrected chi connectivity index (χ0v) is 12.8. The summed E-state index contributed by atoms with van der Waals surface area (Å²) in [5.74, 6) is 2.22. The van der Waals surface area contributed by atoms with Crippen molar-refractivity contribution in [1.82, 2.24) is 0 Å². The Labute approximate surface area is 124 Å². The van der Waals surface area contributed by atoms with E-state index in [4.69, 9.17) is 4.74 Å². The van der Waals surface area contributed by atoms with Crippen LogP contribution < -0.4 is 5.32 Å². The van der Waals surface area contributed by atoms with Crippen LogP contribution in [0.5, 0.6) is 0 Å². The first-order chi connectivity index (χ1) is 9.69. The summed E-state index contributed by atoms with van der Waals surface area (Å²) in [6, 6.07) is 5.57. The van der Waals surface area contributed by atoms with Crippen molar-refractivity contribution in [3.63, 3.8) is 0 Å². The topological polar surface area (TPSA) is 21.3 Å². The van der Waals surface area contributed by atoms with Gasteiger partial charge in [-0.2, -0.15) is 11.8 Å². The van der Waals surface area contributed by atoms with E-state index in [9.17, 15) is 4.39 Å². The number of hydrogen-bond acceptors (Lipinski definition) is 3. The number of anilines is 1. The van der Waals surface area contributed by atoms with E-state index < -0.39 is 0 Å². The summed E-state index contributed by atoms with van der Waals surface area (Å²) in [5, 5.41) is 3.43. The fourth-order valence-corrected chi connectivity index (χ4v) is 4.50. The molecular weight excluding hydrogens is 273 g/mol. The van der Waals surface area contributed by atoms with Crippen molar-refractivity contribution in [3.05, 3.63) is 29.6 Å². The molecule has 2 heterocycles. The average Bonchev–Trinajstić information content (AvgIpc) is 2.44. The quantitative estimate of drug-likeness (QED) is 0.891. The number of benzene rings is 1. The highest BCUT2D eigenvalue weighted by atomic mass is 32.2. The molecule has 4 heteroatoms. The van der Waals surface area contributed by atoms with Crippen LogP contribution in [0.25, 0.3) is 0 Å². The van der Waals surface area contributed by atoms with Gasteiger partial charge in [-0.3, -0.25) is 0 Å². The summed E-state index contributed by atoms with van der Waals surface area (Å²) in [4.78, 5) is 0. The molecule has 1 aromatic rings. The van der Waals surface area contributed by atoms with Gasteiger partial charge in [0.05, 0.1) is 11.3 Å². The first-order valence-electron chi connectivity index (χ1n) is 7.42. The molecule has 2 aliphatic rings. The van der Waals surface area contributed by atoms with Crippen molar-refractivity contribution >= 4 is 17.4 Å². The number of ether oxygens (including phenoxy) is 1. The number of hydrogen-bond donors (Lipinski definition) is 1. The highest BCUT2D eigenvalue weighted by Crippen LogP contribution is 2.38. The Kier molecular flexibility index (Phi) is 4.22. The molecule has 3 rings (SSSR count). The number of thioether (sulfide) groups is 1. The van der Waals surface area contributed by atoms with Crippen LogP contribution in [-0.2, 0) is 4.74 Å². The molecule has 1 atom stereocenters. The van der Waals surface area contributed by atoms with Crippen LogP contribution >= 0.6 is 11.8 Å². The minimum absolute atomic E-state index is 0.0420. The third-order valence-electron chi connectivity index (χ3n) is 4.47. The second-order valence-corrected chi connectivity index (χ2v) is 7.13. The van der Waals surface area contributed by atoms with E-state index in [2.05, 4.69) is 5.32 Å². The third-order valence-corrected chi connectivity index (χ3v) is 5.45. The first kappa shape index (κ1) is 14.2. The number of rotatable bonds is 2. The maximum Gasteiger partial charge on any atom is 0.146 e. The van der Waals surface area contributed by atoms with Gasteiger partial charge in [0.2, 0.25) is 0 Å². The van der Waals surface area contributed by atoms with Crippen LogP contribution in [0.15, 0.2) is 18.2 Å². The molecule has 2 nitrogen and oxygen atoms in total. The van der Waals surface area contributed by atoms with Crippen molar-refractivity contribution in [2.75, 3.05) is 23.4 Å². The van der Waals surface area contributed by atoms with Gasteiger partial charge in [0.15, 0.2) is 0 Å². The lowest BCUT2D eigenvalue weighted by Crippen LogP contribution is -2.46. The molecule has 1 spiro atoms. The number of aryl methyl sites for hydroxylation is 1. The van der Waals surface area contributed by atoms with Crippen LogP contribution in [0.2, 0.25) is 0 Å². The lowest BCUT2D eigenvalue weighted by Gasteiger charge is -2.43. The molecule has 110 valence electrons. The number of halogens is 1. The third kappa shape index (κ3) is 2.96. The maximum atomic E-state index is 13.9. The van der Waals surface area contributed by atoms with Crippen LogP contribution in [0, 0.1) is 12.7 Å². The average molecular weight is 295 g/mol. The molecule has 2 fully saturated rings. The Morgan fingerprint density at radius 2 is 2.15 bits per heavy atom. The van der Waals surface area contributed by atoms with Gasteiger partial charge >= 0.3 is 0 Å². The molecule has 1 unspecified atom stereocenters. The van der Waals surface area contributed by atoms with Gasteiger partial charge in [-0.1, -0.05) is 12.1 Å². The predicted molar refractivity (Wildman–Crippen MR) is 83.0 cm³/mol. The molecule has 20 heavy (non-hydrogen) atoms. The monoisotopic (exact) mass is 295 g/mol. The Bertz CT molecular complexity index is 448. The van der Waals surface area contributed by atoms with E-state index in [-0.39, 0.29) is 11.4 Å². The minimum Gasteiger partial charge on any atom is -0.380 e. The second-order valence-electron chi connectivity index (χ2n) is 5.91. The Morgan fingerprint density at radius 1 is 1.35 bits per heavy atom. The fourth-order valence-electron chi connectivity index (χ4n) is 3.26. The van der Waals surface area contributed by atoms with E-state index in [0.29, 0.717) is 11.7 Å². The molecule has 2 aliphatic heterocycles. The SMILES string of the molecule is Cc1cccc(F)c1NC1CCOC2(CCSCC2)C1. The second kappa shape index (κ2) is 5.94. The Balaban J connectivity index is 1.71. The van der Waals surface area contributed by atoms with E-state index in [1.54, 1.807) is 6.07 Å². The molecule has 0 aromatic heterocycles. The number of nitrogens with one attached hydrogen (secondary N) is 1. The molecule has 0 amide bonds. The van der Waals surface area contributed by atoms with Crippen molar-refractivity contribution in [3.8, 4) is 0 Å².